The molecule has 1 spiro atoms. The van der Waals surface area contributed by atoms with E-state index in [0.29, 0.717) is 12.1 Å². The Morgan fingerprint density at radius 2 is 2.19 bits per heavy atom. The first-order valence-corrected chi connectivity index (χ1v) is 6.10. The van der Waals surface area contributed by atoms with Crippen molar-refractivity contribution < 1.29 is 14.3 Å². The summed E-state index contributed by atoms with van der Waals surface area (Å²) in [4.78, 5) is 14.0. The molecule has 4 heterocycles. The molecule has 0 aliphatic carbocycles. The van der Waals surface area contributed by atoms with E-state index in [9.17, 15) is 4.79 Å². The van der Waals surface area contributed by atoms with Gasteiger partial charge in [-0.3, -0.25) is 4.90 Å². The quantitative estimate of drug-likeness (QED) is 0.635. The molecule has 0 saturated carbocycles. The van der Waals surface area contributed by atoms with Crippen molar-refractivity contribution in [1.29, 1.82) is 0 Å². The van der Waals surface area contributed by atoms with E-state index in [1.165, 1.54) is 0 Å². The minimum Gasteiger partial charge on any atom is -0.444 e. The fourth-order valence-corrected chi connectivity index (χ4v) is 3.23. The van der Waals surface area contributed by atoms with Crippen LogP contribution in [-0.2, 0) is 9.47 Å². The second-order valence-corrected chi connectivity index (χ2v) is 6.17. The monoisotopic (exact) mass is 225 g/mol. The van der Waals surface area contributed by atoms with Crippen molar-refractivity contribution in [1.82, 2.24) is 4.90 Å². The zero-order chi connectivity index (χ0) is 11.6. The maximum absolute atomic E-state index is 12.1. The van der Waals surface area contributed by atoms with Gasteiger partial charge >= 0.3 is 6.09 Å². The molecule has 0 radical (unpaired) electrons. The summed E-state index contributed by atoms with van der Waals surface area (Å²) in [5.74, 6) is 0. The number of nitrogens with zero attached hydrogens (tertiary/aromatic N) is 1. The molecule has 0 aromatic carbocycles. The van der Waals surface area contributed by atoms with Crippen molar-refractivity contribution in [2.45, 2.75) is 69.9 Å². The summed E-state index contributed by atoms with van der Waals surface area (Å²) in [6.07, 6.45) is 4.23. The van der Waals surface area contributed by atoms with Gasteiger partial charge in [0.2, 0.25) is 0 Å². The van der Waals surface area contributed by atoms with E-state index in [0.717, 1.165) is 25.7 Å². The smallest absolute Gasteiger partial charge is 0.412 e. The summed E-state index contributed by atoms with van der Waals surface area (Å²) < 4.78 is 11.3. The minimum atomic E-state index is -0.423. The number of ether oxygens (including phenoxy) is 2. The van der Waals surface area contributed by atoms with Crippen molar-refractivity contribution in [3.8, 4) is 0 Å². The van der Waals surface area contributed by atoms with Gasteiger partial charge in [-0.1, -0.05) is 0 Å². The van der Waals surface area contributed by atoms with Gasteiger partial charge < -0.3 is 9.47 Å². The molecule has 0 aromatic heterocycles. The van der Waals surface area contributed by atoms with E-state index >= 15 is 0 Å². The zero-order valence-corrected chi connectivity index (χ0v) is 10.2. The lowest BCUT2D eigenvalue weighted by Crippen LogP contribution is -2.67. The predicted molar refractivity (Wildman–Crippen MR) is 57.9 cm³/mol. The number of carbonyl (C=O) groups excluding carboxylic acids is 1. The molecule has 0 N–H and O–H groups in total. The first-order chi connectivity index (χ1) is 7.40. The van der Waals surface area contributed by atoms with Crippen LogP contribution in [0.15, 0.2) is 0 Å². The Morgan fingerprint density at radius 3 is 2.75 bits per heavy atom. The molecule has 4 fully saturated rings. The van der Waals surface area contributed by atoms with Gasteiger partial charge in [-0.15, -0.1) is 0 Å². The molecule has 0 aromatic rings. The summed E-state index contributed by atoms with van der Waals surface area (Å²) >= 11 is 0. The van der Waals surface area contributed by atoms with Gasteiger partial charge in [0.15, 0.2) is 0 Å². The molecule has 4 saturated heterocycles. The van der Waals surface area contributed by atoms with Crippen LogP contribution in [-0.4, -0.2) is 34.5 Å². The van der Waals surface area contributed by atoms with Gasteiger partial charge in [-0.25, -0.2) is 4.79 Å². The van der Waals surface area contributed by atoms with E-state index in [1.807, 2.05) is 25.7 Å². The van der Waals surface area contributed by atoms with Crippen LogP contribution in [0, 0.1) is 0 Å². The molecule has 4 aliphatic rings. The van der Waals surface area contributed by atoms with Gasteiger partial charge in [-0.2, -0.15) is 0 Å². The molecule has 1 unspecified atom stereocenters. The van der Waals surface area contributed by atoms with Crippen LogP contribution in [0.3, 0.4) is 0 Å². The summed E-state index contributed by atoms with van der Waals surface area (Å²) in [5, 5.41) is 0. The third-order valence-electron chi connectivity index (χ3n) is 3.73. The Hall–Kier alpha value is -0.770. The van der Waals surface area contributed by atoms with E-state index < -0.39 is 5.60 Å². The van der Waals surface area contributed by atoms with Gasteiger partial charge in [0.1, 0.15) is 11.3 Å². The molecular formula is C12H19NO3. The molecule has 3 bridgehead atoms. The molecule has 3 atom stereocenters. The van der Waals surface area contributed by atoms with Gasteiger partial charge in [0.05, 0.1) is 6.10 Å². The third kappa shape index (κ3) is 1.35. The lowest BCUT2D eigenvalue weighted by molar-refractivity contribution is -0.293. The third-order valence-corrected chi connectivity index (χ3v) is 3.73. The lowest BCUT2D eigenvalue weighted by atomic mass is 9.90. The van der Waals surface area contributed by atoms with Gasteiger partial charge in [0, 0.05) is 12.5 Å². The van der Waals surface area contributed by atoms with Gasteiger partial charge in [-0.05, 0) is 40.0 Å². The number of amides is 1. The second kappa shape index (κ2) is 2.92. The van der Waals surface area contributed by atoms with Crippen molar-refractivity contribution in [3.63, 3.8) is 0 Å². The SMILES string of the molecule is CC(C)(C)OC(=O)N1[C@H]2CC[C@@]13CC(C2)O3. The summed E-state index contributed by atoms with van der Waals surface area (Å²) in [5.41, 5.74) is -0.719. The molecule has 4 aliphatic heterocycles. The number of piperidine rings is 1. The Labute approximate surface area is 95.9 Å². The van der Waals surface area contributed by atoms with Crippen LogP contribution in [0.1, 0.15) is 46.5 Å². The van der Waals surface area contributed by atoms with E-state index in [-0.39, 0.29) is 11.8 Å². The molecule has 90 valence electrons. The first-order valence-electron chi connectivity index (χ1n) is 6.10. The van der Waals surface area contributed by atoms with Crippen LogP contribution in [0.25, 0.3) is 0 Å². The largest absolute Gasteiger partial charge is 0.444 e. The fourth-order valence-electron chi connectivity index (χ4n) is 3.23. The van der Waals surface area contributed by atoms with Crippen LogP contribution >= 0.6 is 0 Å². The van der Waals surface area contributed by atoms with Gasteiger partial charge in [0.25, 0.3) is 0 Å². The molecule has 1 amide bonds. The lowest BCUT2D eigenvalue weighted by Gasteiger charge is -2.56. The van der Waals surface area contributed by atoms with Crippen LogP contribution in [0.2, 0.25) is 0 Å². The molecule has 4 heteroatoms. The van der Waals surface area contributed by atoms with Crippen molar-refractivity contribution in [3.05, 3.63) is 0 Å². The highest BCUT2D eigenvalue weighted by atomic mass is 16.6. The number of hydrogen-bond donors (Lipinski definition) is 0. The number of rotatable bonds is 0. The average Bonchev–Trinajstić information content (AvgIpc) is 2.23. The summed E-state index contributed by atoms with van der Waals surface area (Å²) in [6, 6.07) is 0.349. The topological polar surface area (TPSA) is 38.8 Å². The number of hydrogen-bond acceptors (Lipinski definition) is 3. The van der Waals surface area contributed by atoms with Crippen LogP contribution in [0.5, 0.6) is 0 Å². The van der Waals surface area contributed by atoms with E-state index in [2.05, 4.69) is 0 Å². The fraction of sp³-hybridized carbons (Fsp3) is 0.917. The van der Waals surface area contributed by atoms with Crippen LogP contribution in [0.4, 0.5) is 4.79 Å². The van der Waals surface area contributed by atoms with E-state index in [1.54, 1.807) is 0 Å². The molecule has 4 rings (SSSR count). The predicted octanol–water partition coefficient (Wildman–Crippen LogP) is 2.27. The molecular weight excluding hydrogens is 206 g/mol. The highest BCUT2D eigenvalue weighted by Crippen LogP contribution is 2.54. The van der Waals surface area contributed by atoms with Crippen LogP contribution < -0.4 is 0 Å². The Kier molecular flexibility index (Phi) is 1.89. The second-order valence-electron chi connectivity index (χ2n) is 6.17. The Balaban J connectivity index is 1.78. The maximum Gasteiger partial charge on any atom is 0.412 e. The van der Waals surface area contributed by atoms with Crippen molar-refractivity contribution in [2.24, 2.45) is 0 Å². The standard InChI is InChI=1S/C12H19NO3/c1-11(2,3)16-10(14)13-8-4-5-12(13)7-9(6-8)15-12/h8-9H,4-7H2,1-3H3/t8-,9?,12+/m0/s1. The number of carbonyl (C=O) groups is 1. The highest BCUT2D eigenvalue weighted by molar-refractivity contribution is 5.70. The Bertz CT molecular complexity index is 319. The first kappa shape index (κ1) is 10.4. The van der Waals surface area contributed by atoms with Crippen molar-refractivity contribution >= 4 is 6.09 Å². The van der Waals surface area contributed by atoms with Crippen molar-refractivity contribution in [2.75, 3.05) is 0 Å². The minimum absolute atomic E-state index is 0.201. The molecule has 4 nitrogen and oxygen atoms in total. The normalized spacial score (nSPS) is 40.6. The summed E-state index contributed by atoms with van der Waals surface area (Å²) in [6.45, 7) is 5.70. The molecule has 16 heavy (non-hydrogen) atoms. The maximum atomic E-state index is 12.1. The highest BCUT2D eigenvalue weighted by Gasteiger charge is 2.63. The summed E-state index contributed by atoms with van der Waals surface area (Å²) in [7, 11) is 0. The Morgan fingerprint density at radius 1 is 1.50 bits per heavy atom. The zero-order valence-electron chi connectivity index (χ0n) is 10.2. The van der Waals surface area contributed by atoms with E-state index in [4.69, 9.17) is 9.47 Å². The average molecular weight is 225 g/mol.